The summed E-state index contributed by atoms with van der Waals surface area (Å²) in [6, 6.07) is 15.1. The molecule has 0 aliphatic carbocycles. The van der Waals surface area contributed by atoms with Crippen molar-refractivity contribution in [3.63, 3.8) is 0 Å². The third-order valence-corrected chi connectivity index (χ3v) is 3.07. The number of hydrogen-bond acceptors (Lipinski definition) is 1. The van der Waals surface area contributed by atoms with Gasteiger partial charge in [-0.2, -0.15) is 0 Å². The number of ether oxygens (including phenoxy) is 1. The van der Waals surface area contributed by atoms with E-state index in [1.54, 1.807) is 0 Å². The standard InChI is InChI=1S/C15H14O/c1-11-2-4-12(5-3-11)13-6-7-15-14(10-13)8-9-16-15/h2-7,10H,8-9H2,1H3. The Labute approximate surface area is 95.7 Å². The van der Waals surface area contributed by atoms with E-state index in [0.29, 0.717) is 0 Å². The molecule has 0 amide bonds. The topological polar surface area (TPSA) is 9.23 Å². The van der Waals surface area contributed by atoms with Gasteiger partial charge in [0.25, 0.3) is 0 Å². The summed E-state index contributed by atoms with van der Waals surface area (Å²) in [5, 5.41) is 0. The first-order chi connectivity index (χ1) is 7.83. The highest BCUT2D eigenvalue weighted by atomic mass is 16.5. The summed E-state index contributed by atoms with van der Waals surface area (Å²) >= 11 is 0. The van der Waals surface area contributed by atoms with Crippen LogP contribution >= 0.6 is 0 Å². The van der Waals surface area contributed by atoms with Crippen molar-refractivity contribution < 1.29 is 4.74 Å². The van der Waals surface area contributed by atoms with Crippen molar-refractivity contribution >= 4 is 0 Å². The van der Waals surface area contributed by atoms with E-state index in [1.165, 1.54) is 22.3 Å². The number of benzene rings is 2. The molecule has 0 aromatic heterocycles. The van der Waals surface area contributed by atoms with E-state index >= 15 is 0 Å². The van der Waals surface area contributed by atoms with Gasteiger partial charge in [-0.1, -0.05) is 35.9 Å². The van der Waals surface area contributed by atoms with Gasteiger partial charge >= 0.3 is 0 Å². The highest BCUT2D eigenvalue weighted by molar-refractivity contribution is 5.66. The first-order valence-corrected chi connectivity index (χ1v) is 5.66. The molecular weight excluding hydrogens is 196 g/mol. The number of fused-ring (bicyclic) bond motifs is 1. The van der Waals surface area contributed by atoms with Crippen LogP contribution in [0.15, 0.2) is 42.5 Å². The Hall–Kier alpha value is -1.76. The minimum atomic E-state index is 0.826. The van der Waals surface area contributed by atoms with E-state index in [2.05, 4.69) is 49.4 Å². The van der Waals surface area contributed by atoms with E-state index in [1.807, 2.05) is 0 Å². The van der Waals surface area contributed by atoms with Crippen LogP contribution < -0.4 is 4.74 Å². The van der Waals surface area contributed by atoms with Crippen molar-refractivity contribution in [2.24, 2.45) is 0 Å². The van der Waals surface area contributed by atoms with Crippen LogP contribution in [0.5, 0.6) is 5.75 Å². The second-order valence-corrected chi connectivity index (χ2v) is 4.29. The largest absolute Gasteiger partial charge is 0.493 e. The molecule has 2 aromatic carbocycles. The second-order valence-electron chi connectivity index (χ2n) is 4.29. The summed E-state index contributed by atoms with van der Waals surface area (Å²) in [6.07, 6.45) is 1.04. The number of hydrogen-bond donors (Lipinski definition) is 0. The Morgan fingerprint density at radius 2 is 1.69 bits per heavy atom. The third-order valence-electron chi connectivity index (χ3n) is 3.07. The highest BCUT2D eigenvalue weighted by Crippen LogP contribution is 2.30. The maximum Gasteiger partial charge on any atom is 0.122 e. The molecule has 0 saturated heterocycles. The molecule has 0 fully saturated rings. The molecular formula is C15H14O. The molecule has 1 nitrogen and oxygen atoms in total. The summed E-state index contributed by atoms with van der Waals surface area (Å²) < 4.78 is 5.51. The van der Waals surface area contributed by atoms with Gasteiger partial charge in [0, 0.05) is 6.42 Å². The summed E-state index contributed by atoms with van der Waals surface area (Å²) in [5.41, 5.74) is 5.19. The van der Waals surface area contributed by atoms with Crippen molar-refractivity contribution in [1.29, 1.82) is 0 Å². The molecule has 0 atom stereocenters. The fraction of sp³-hybridized carbons (Fsp3) is 0.200. The molecule has 0 saturated carbocycles. The van der Waals surface area contributed by atoms with Crippen LogP contribution in [0.1, 0.15) is 11.1 Å². The van der Waals surface area contributed by atoms with E-state index < -0.39 is 0 Å². The SMILES string of the molecule is Cc1ccc(-c2ccc3c(c2)CCO3)cc1. The fourth-order valence-corrected chi connectivity index (χ4v) is 2.11. The average Bonchev–Trinajstić information content (AvgIpc) is 2.77. The predicted molar refractivity (Wildman–Crippen MR) is 65.8 cm³/mol. The first-order valence-electron chi connectivity index (χ1n) is 5.66. The molecule has 1 aliphatic heterocycles. The zero-order chi connectivity index (χ0) is 11.0. The lowest BCUT2D eigenvalue weighted by Gasteiger charge is -2.04. The lowest BCUT2D eigenvalue weighted by Crippen LogP contribution is -1.85. The maximum atomic E-state index is 5.51. The Kier molecular flexibility index (Phi) is 2.17. The van der Waals surface area contributed by atoms with E-state index in [0.717, 1.165) is 18.8 Å². The summed E-state index contributed by atoms with van der Waals surface area (Å²) in [5.74, 6) is 1.05. The zero-order valence-corrected chi connectivity index (χ0v) is 9.36. The number of rotatable bonds is 1. The van der Waals surface area contributed by atoms with E-state index in [4.69, 9.17) is 4.74 Å². The molecule has 0 radical (unpaired) electrons. The normalized spacial score (nSPS) is 13.3. The van der Waals surface area contributed by atoms with Crippen molar-refractivity contribution in [2.75, 3.05) is 6.61 Å². The van der Waals surface area contributed by atoms with Crippen LogP contribution in [0, 0.1) is 6.92 Å². The molecule has 80 valence electrons. The fourth-order valence-electron chi connectivity index (χ4n) is 2.11. The van der Waals surface area contributed by atoms with Gasteiger partial charge in [-0.15, -0.1) is 0 Å². The molecule has 0 N–H and O–H groups in total. The Balaban J connectivity index is 2.03. The van der Waals surface area contributed by atoms with Gasteiger partial charge in [0.1, 0.15) is 5.75 Å². The minimum Gasteiger partial charge on any atom is -0.493 e. The monoisotopic (exact) mass is 210 g/mol. The van der Waals surface area contributed by atoms with Crippen LogP contribution in [0.25, 0.3) is 11.1 Å². The van der Waals surface area contributed by atoms with Crippen molar-refractivity contribution in [2.45, 2.75) is 13.3 Å². The van der Waals surface area contributed by atoms with Gasteiger partial charge in [-0.05, 0) is 35.7 Å². The highest BCUT2D eigenvalue weighted by Gasteiger charge is 2.12. The summed E-state index contributed by atoms with van der Waals surface area (Å²) in [7, 11) is 0. The molecule has 2 aromatic rings. The van der Waals surface area contributed by atoms with Gasteiger partial charge in [0.15, 0.2) is 0 Å². The van der Waals surface area contributed by atoms with Crippen LogP contribution in [-0.2, 0) is 6.42 Å². The molecule has 1 aliphatic rings. The van der Waals surface area contributed by atoms with Gasteiger partial charge in [-0.3, -0.25) is 0 Å². The predicted octanol–water partition coefficient (Wildman–Crippen LogP) is 3.60. The van der Waals surface area contributed by atoms with Crippen LogP contribution in [0.4, 0.5) is 0 Å². The summed E-state index contributed by atoms with van der Waals surface area (Å²) in [6.45, 7) is 2.94. The Morgan fingerprint density at radius 3 is 2.50 bits per heavy atom. The minimum absolute atomic E-state index is 0.826. The average molecular weight is 210 g/mol. The lowest BCUT2D eigenvalue weighted by molar-refractivity contribution is 0.357. The number of aryl methyl sites for hydroxylation is 1. The lowest BCUT2D eigenvalue weighted by atomic mass is 10.0. The Bertz CT molecular complexity index is 511. The molecule has 0 spiro atoms. The molecule has 0 unspecified atom stereocenters. The molecule has 1 heterocycles. The second kappa shape index (κ2) is 3.67. The maximum absolute atomic E-state index is 5.51. The smallest absolute Gasteiger partial charge is 0.122 e. The van der Waals surface area contributed by atoms with Crippen LogP contribution in [-0.4, -0.2) is 6.61 Å². The quantitative estimate of drug-likeness (QED) is 0.698. The molecule has 3 rings (SSSR count). The van der Waals surface area contributed by atoms with Gasteiger partial charge in [0.2, 0.25) is 0 Å². The molecule has 1 heteroatoms. The zero-order valence-electron chi connectivity index (χ0n) is 9.36. The molecule has 16 heavy (non-hydrogen) atoms. The summed E-state index contributed by atoms with van der Waals surface area (Å²) in [4.78, 5) is 0. The van der Waals surface area contributed by atoms with Crippen LogP contribution in [0.3, 0.4) is 0 Å². The third kappa shape index (κ3) is 1.58. The first kappa shape index (κ1) is 9.46. The molecule has 0 bridgehead atoms. The van der Waals surface area contributed by atoms with Gasteiger partial charge in [-0.25, -0.2) is 0 Å². The van der Waals surface area contributed by atoms with E-state index in [-0.39, 0.29) is 0 Å². The van der Waals surface area contributed by atoms with Crippen molar-refractivity contribution in [3.8, 4) is 16.9 Å². The van der Waals surface area contributed by atoms with Gasteiger partial charge in [0.05, 0.1) is 6.61 Å². The van der Waals surface area contributed by atoms with E-state index in [9.17, 15) is 0 Å². The van der Waals surface area contributed by atoms with Crippen molar-refractivity contribution in [1.82, 2.24) is 0 Å². The van der Waals surface area contributed by atoms with Gasteiger partial charge < -0.3 is 4.74 Å². The van der Waals surface area contributed by atoms with Crippen molar-refractivity contribution in [3.05, 3.63) is 53.6 Å². The Morgan fingerprint density at radius 1 is 0.938 bits per heavy atom. The van der Waals surface area contributed by atoms with Crippen LogP contribution in [0.2, 0.25) is 0 Å².